The molecule has 2 N–H and O–H groups in total. The molecule has 0 bridgehead atoms. The lowest BCUT2D eigenvalue weighted by Crippen LogP contribution is -2.59. The van der Waals surface area contributed by atoms with Crippen molar-refractivity contribution in [3.05, 3.63) is 60.0 Å². The third kappa shape index (κ3) is 9.48. The summed E-state index contributed by atoms with van der Waals surface area (Å²) in [4.78, 5) is 56.5. The highest BCUT2D eigenvalue weighted by atomic mass is 19.1. The van der Waals surface area contributed by atoms with E-state index in [4.69, 9.17) is 9.47 Å². The molecular weight excluding hydrogens is 631 g/mol. The van der Waals surface area contributed by atoms with Crippen molar-refractivity contribution >= 4 is 40.7 Å². The Bertz CT molecular complexity index is 1680. The maximum absolute atomic E-state index is 14.2. The van der Waals surface area contributed by atoms with Crippen molar-refractivity contribution in [2.75, 3.05) is 31.5 Å². The first kappa shape index (κ1) is 35.6. The molecule has 1 aromatic heterocycles. The van der Waals surface area contributed by atoms with E-state index in [0.29, 0.717) is 42.6 Å². The summed E-state index contributed by atoms with van der Waals surface area (Å²) in [5.74, 6) is -0.893. The SMILES string of the molecule is CC(C)(C)OC(=O)N1CC[C@@H](NC(=O)Nc2ccc3c(cnn3C(=O)OC(C)(C)C)c2)[C@@H](C(=O)N2CCC[C@@H](Cc3ccc(F)cc3)C2)C1. The zero-order valence-electron chi connectivity index (χ0n) is 29.1. The molecule has 3 aromatic rings. The van der Waals surface area contributed by atoms with Crippen molar-refractivity contribution in [3.63, 3.8) is 0 Å². The summed E-state index contributed by atoms with van der Waals surface area (Å²) in [7, 11) is 0. The fourth-order valence-corrected chi connectivity index (χ4v) is 6.38. The maximum Gasteiger partial charge on any atom is 0.435 e. The van der Waals surface area contributed by atoms with Crippen LogP contribution in [0.5, 0.6) is 0 Å². The van der Waals surface area contributed by atoms with E-state index in [1.165, 1.54) is 23.0 Å². The van der Waals surface area contributed by atoms with Crippen molar-refractivity contribution in [3.8, 4) is 0 Å². The Morgan fingerprint density at radius 2 is 1.57 bits per heavy atom. The molecule has 0 spiro atoms. The highest BCUT2D eigenvalue weighted by Gasteiger charge is 2.41. The molecule has 0 unspecified atom stereocenters. The number of carbonyl (C=O) groups is 4. The number of piperidine rings is 2. The number of carbonyl (C=O) groups excluding carboxylic acids is 4. The van der Waals surface area contributed by atoms with Gasteiger partial charge < -0.3 is 29.9 Å². The number of hydrogen-bond acceptors (Lipinski definition) is 7. The number of nitrogens with one attached hydrogen (secondary N) is 2. The fourth-order valence-electron chi connectivity index (χ4n) is 6.38. The smallest absolute Gasteiger partial charge is 0.435 e. The van der Waals surface area contributed by atoms with Gasteiger partial charge in [0.15, 0.2) is 0 Å². The van der Waals surface area contributed by atoms with E-state index < -0.39 is 41.4 Å². The number of rotatable bonds is 5. The number of benzene rings is 2. The molecule has 3 heterocycles. The number of urea groups is 1. The van der Waals surface area contributed by atoms with Crippen LogP contribution < -0.4 is 10.6 Å². The van der Waals surface area contributed by atoms with E-state index in [-0.39, 0.29) is 24.2 Å². The highest BCUT2D eigenvalue weighted by molar-refractivity contribution is 5.95. The molecule has 49 heavy (non-hydrogen) atoms. The van der Waals surface area contributed by atoms with Gasteiger partial charge in [0.05, 0.1) is 17.6 Å². The lowest BCUT2D eigenvalue weighted by atomic mass is 9.87. The van der Waals surface area contributed by atoms with Crippen LogP contribution in [-0.2, 0) is 20.7 Å². The monoisotopic (exact) mass is 678 g/mol. The Labute approximate surface area is 286 Å². The fraction of sp³-hybridized carbons (Fsp3) is 0.528. The summed E-state index contributed by atoms with van der Waals surface area (Å²) in [6, 6.07) is 10.4. The minimum atomic E-state index is -0.698. The van der Waals surface area contributed by atoms with Gasteiger partial charge in [-0.3, -0.25) is 4.79 Å². The van der Waals surface area contributed by atoms with Crippen LogP contribution in [-0.4, -0.2) is 87.1 Å². The largest absolute Gasteiger partial charge is 0.444 e. The molecular formula is C36H47FN6O6. The zero-order valence-corrected chi connectivity index (χ0v) is 29.1. The van der Waals surface area contributed by atoms with Crippen molar-refractivity contribution in [2.24, 2.45) is 11.8 Å². The minimum Gasteiger partial charge on any atom is -0.444 e. The standard InChI is InChI=1S/C36H47FN6O6/c1-35(2,3)48-33(46)42-17-15-29(28(22-42)31(44)41-16-7-8-24(21-41)18-23-9-11-26(37)12-10-23)40-32(45)39-27-13-14-30-25(19-27)20-38-43(30)34(47)49-36(4,5)6/h9-14,19-20,24,28-29H,7-8,15-18,21-22H2,1-6H3,(H2,39,40,45)/t24-,28-,29+/m0/s1. The van der Waals surface area contributed by atoms with E-state index in [1.807, 2.05) is 4.90 Å². The molecule has 2 aromatic carbocycles. The second-order valence-electron chi connectivity index (χ2n) is 15.0. The van der Waals surface area contributed by atoms with Gasteiger partial charge in [0.25, 0.3) is 0 Å². The van der Waals surface area contributed by atoms with Crippen LogP contribution in [0.15, 0.2) is 48.7 Å². The second-order valence-corrected chi connectivity index (χ2v) is 15.0. The molecule has 5 rings (SSSR count). The van der Waals surface area contributed by atoms with Gasteiger partial charge >= 0.3 is 18.2 Å². The van der Waals surface area contributed by atoms with Gasteiger partial charge in [0.1, 0.15) is 17.0 Å². The quantitative estimate of drug-likeness (QED) is 0.329. The Hall–Kier alpha value is -4.68. The van der Waals surface area contributed by atoms with Crippen molar-refractivity contribution in [1.82, 2.24) is 24.9 Å². The minimum absolute atomic E-state index is 0.105. The number of hydrogen-bond donors (Lipinski definition) is 2. The van der Waals surface area contributed by atoms with E-state index in [0.717, 1.165) is 24.8 Å². The van der Waals surface area contributed by atoms with Crippen LogP contribution in [0, 0.1) is 17.7 Å². The van der Waals surface area contributed by atoms with E-state index in [9.17, 15) is 23.6 Å². The Balaban J connectivity index is 1.28. The molecule has 2 saturated heterocycles. The van der Waals surface area contributed by atoms with Gasteiger partial charge in [-0.25, -0.2) is 18.8 Å². The third-order valence-electron chi connectivity index (χ3n) is 8.56. The van der Waals surface area contributed by atoms with Crippen LogP contribution in [0.3, 0.4) is 0 Å². The third-order valence-corrected chi connectivity index (χ3v) is 8.56. The summed E-state index contributed by atoms with van der Waals surface area (Å²) >= 11 is 0. The molecule has 2 fully saturated rings. The number of anilines is 1. The predicted molar refractivity (Wildman–Crippen MR) is 183 cm³/mol. The molecule has 2 aliphatic rings. The first-order valence-electron chi connectivity index (χ1n) is 16.8. The molecule has 264 valence electrons. The molecule has 13 heteroatoms. The highest BCUT2D eigenvalue weighted by Crippen LogP contribution is 2.27. The maximum atomic E-state index is 14.2. The number of likely N-dealkylation sites (tertiary alicyclic amines) is 2. The number of ether oxygens (including phenoxy) is 2. The second kappa shape index (κ2) is 14.4. The van der Waals surface area contributed by atoms with Crippen molar-refractivity contribution in [1.29, 1.82) is 0 Å². The molecule has 4 amide bonds. The van der Waals surface area contributed by atoms with E-state index in [1.54, 1.807) is 76.8 Å². The number of halogens is 1. The van der Waals surface area contributed by atoms with Gasteiger partial charge in [0, 0.05) is 43.3 Å². The van der Waals surface area contributed by atoms with Gasteiger partial charge in [0.2, 0.25) is 5.91 Å². The van der Waals surface area contributed by atoms with Crippen molar-refractivity contribution in [2.45, 2.75) is 84.5 Å². The summed E-state index contributed by atoms with van der Waals surface area (Å²) in [6.07, 6.45) is 3.27. The predicted octanol–water partition coefficient (Wildman–Crippen LogP) is 6.19. The van der Waals surface area contributed by atoms with Gasteiger partial charge in [-0.05, 0) is 109 Å². The lowest BCUT2D eigenvalue weighted by molar-refractivity contribution is -0.140. The number of fused-ring (bicyclic) bond motifs is 1. The van der Waals surface area contributed by atoms with E-state index >= 15 is 0 Å². The average molecular weight is 679 g/mol. The first-order chi connectivity index (χ1) is 23.0. The van der Waals surface area contributed by atoms with Gasteiger partial charge in [-0.2, -0.15) is 9.78 Å². The van der Waals surface area contributed by atoms with Gasteiger partial charge in [-0.1, -0.05) is 12.1 Å². The molecule has 0 saturated carbocycles. The lowest BCUT2D eigenvalue weighted by Gasteiger charge is -2.42. The number of amides is 4. The summed E-state index contributed by atoms with van der Waals surface area (Å²) in [5, 5.41) is 10.6. The van der Waals surface area contributed by atoms with Gasteiger partial charge in [-0.15, -0.1) is 0 Å². The normalized spacial score (nSPS) is 20.1. The number of aromatic nitrogens is 2. The van der Waals surface area contributed by atoms with Crippen LogP contribution >= 0.6 is 0 Å². The summed E-state index contributed by atoms with van der Waals surface area (Å²) < 4.78 is 25.7. The van der Waals surface area contributed by atoms with Crippen LogP contribution in [0.25, 0.3) is 10.9 Å². The molecule has 3 atom stereocenters. The Morgan fingerprint density at radius 1 is 0.878 bits per heavy atom. The molecule has 0 radical (unpaired) electrons. The summed E-state index contributed by atoms with van der Waals surface area (Å²) in [5.41, 5.74) is 0.635. The van der Waals surface area contributed by atoms with Crippen LogP contribution in [0.2, 0.25) is 0 Å². The average Bonchev–Trinajstić information content (AvgIpc) is 3.44. The summed E-state index contributed by atoms with van der Waals surface area (Å²) in [6.45, 7) is 12.2. The van der Waals surface area contributed by atoms with E-state index in [2.05, 4.69) is 15.7 Å². The van der Waals surface area contributed by atoms with Crippen molar-refractivity contribution < 1.29 is 33.0 Å². The zero-order chi connectivity index (χ0) is 35.5. The number of nitrogens with zero attached hydrogens (tertiary/aromatic N) is 4. The van der Waals surface area contributed by atoms with Crippen LogP contribution in [0.1, 0.15) is 66.4 Å². The Morgan fingerprint density at radius 3 is 2.27 bits per heavy atom. The molecule has 12 nitrogen and oxygen atoms in total. The molecule has 2 aliphatic heterocycles. The molecule has 0 aliphatic carbocycles. The Kier molecular flexibility index (Phi) is 10.5. The van der Waals surface area contributed by atoms with Crippen LogP contribution in [0.4, 0.5) is 24.5 Å². The topological polar surface area (TPSA) is 135 Å². The first-order valence-corrected chi connectivity index (χ1v) is 16.8.